The number of anilines is 2. The molecule has 6 heteroatoms. The van der Waals surface area contributed by atoms with Crippen LogP contribution in [0, 0.1) is 6.92 Å². The lowest BCUT2D eigenvalue weighted by Crippen LogP contribution is -2.16. The van der Waals surface area contributed by atoms with Crippen LogP contribution in [0.25, 0.3) is 0 Å². The summed E-state index contributed by atoms with van der Waals surface area (Å²) in [5.41, 5.74) is 4.10. The van der Waals surface area contributed by atoms with E-state index in [9.17, 15) is 9.59 Å². The van der Waals surface area contributed by atoms with Crippen LogP contribution in [0.15, 0.2) is 66.9 Å². The van der Waals surface area contributed by atoms with Crippen LogP contribution >= 0.6 is 0 Å². The maximum atomic E-state index is 12.5. The van der Waals surface area contributed by atoms with Crippen LogP contribution in [0.3, 0.4) is 0 Å². The molecule has 0 unspecified atom stereocenters. The zero-order valence-corrected chi connectivity index (χ0v) is 15.7. The molecule has 28 heavy (non-hydrogen) atoms. The number of para-hydroxylation sites is 1. The first kappa shape index (κ1) is 19.1. The summed E-state index contributed by atoms with van der Waals surface area (Å²) in [5, 5.41) is 5.98. The third-order valence-electron chi connectivity index (χ3n) is 4.16. The Morgan fingerprint density at radius 1 is 1.04 bits per heavy atom. The molecule has 1 heterocycles. The third kappa shape index (κ3) is 4.73. The molecule has 0 atom stereocenters. The van der Waals surface area contributed by atoms with Gasteiger partial charge in [0, 0.05) is 6.54 Å². The molecule has 0 bridgehead atoms. The number of aromatic nitrogens is 1. The Labute approximate surface area is 163 Å². The summed E-state index contributed by atoms with van der Waals surface area (Å²) in [6.07, 6.45) is 1.61. The van der Waals surface area contributed by atoms with E-state index in [0.717, 1.165) is 5.69 Å². The number of carbonyl (C=O) groups excluding carboxylic acids is 2. The van der Waals surface area contributed by atoms with Gasteiger partial charge in [-0.15, -0.1) is 0 Å². The summed E-state index contributed by atoms with van der Waals surface area (Å²) in [5.74, 6) is -0.916. The number of amides is 1. The van der Waals surface area contributed by atoms with Gasteiger partial charge in [-0.25, -0.2) is 9.78 Å². The van der Waals surface area contributed by atoms with Gasteiger partial charge >= 0.3 is 5.97 Å². The van der Waals surface area contributed by atoms with Crippen molar-refractivity contribution in [3.8, 4) is 0 Å². The monoisotopic (exact) mass is 375 g/mol. The second-order valence-corrected chi connectivity index (χ2v) is 6.27. The molecule has 2 N–H and O–H groups in total. The number of pyridine rings is 1. The van der Waals surface area contributed by atoms with Crippen molar-refractivity contribution >= 4 is 23.3 Å². The van der Waals surface area contributed by atoms with Crippen LogP contribution in [0.4, 0.5) is 11.4 Å². The Kier molecular flexibility index (Phi) is 6.01. The molecular weight excluding hydrogens is 354 g/mol. The zero-order chi connectivity index (χ0) is 19.9. The van der Waals surface area contributed by atoms with Crippen molar-refractivity contribution in [2.75, 3.05) is 17.7 Å². The fourth-order valence-corrected chi connectivity index (χ4v) is 2.73. The van der Waals surface area contributed by atoms with Crippen molar-refractivity contribution in [3.63, 3.8) is 0 Å². The maximum absolute atomic E-state index is 12.5. The van der Waals surface area contributed by atoms with Gasteiger partial charge in [0.25, 0.3) is 5.91 Å². The fourth-order valence-electron chi connectivity index (χ4n) is 2.73. The number of methoxy groups -OCH3 is 1. The molecule has 0 radical (unpaired) electrons. The second-order valence-electron chi connectivity index (χ2n) is 6.27. The molecule has 6 nitrogen and oxygen atoms in total. The number of aryl methyl sites for hydroxylation is 1. The first-order valence-electron chi connectivity index (χ1n) is 8.81. The van der Waals surface area contributed by atoms with Crippen LogP contribution < -0.4 is 10.6 Å². The normalized spacial score (nSPS) is 10.2. The quantitative estimate of drug-likeness (QED) is 0.636. The van der Waals surface area contributed by atoms with Crippen molar-refractivity contribution in [2.45, 2.75) is 13.5 Å². The van der Waals surface area contributed by atoms with Crippen molar-refractivity contribution in [3.05, 3.63) is 89.2 Å². The average molecular weight is 375 g/mol. The summed E-state index contributed by atoms with van der Waals surface area (Å²) in [6.45, 7) is 2.72. The van der Waals surface area contributed by atoms with E-state index in [1.54, 1.807) is 42.6 Å². The number of nitrogens with one attached hydrogen (secondary N) is 2. The van der Waals surface area contributed by atoms with E-state index in [-0.39, 0.29) is 11.3 Å². The van der Waals surface area contributed by atoms with Crippen LogP contribution in [-0.2, 0) is 11.3 Å². The lowest BCUT2D eigenvalue weighted by Gasteiger charge is -2.10. The van der Waals surface area contributed by atoms with Gasteiger partial charge in [-0.2, -0.15) is 0 Å². The van der Waals surface area contributed by atoms with E-state index >= 15 is 0 Å². The summed E-state index contributed by atoms with van der Waals surface area (Å²) in [4.78, 5) is 28.5. The predicted molar refractivity (Wildman–Crippen MR) is 108 cm³/mol. The zero-order valence-electron chi connectivity index (χ0n) is 15.7. The molecule has 0 aliphatic heterocycles. The van der Waals surface area contributed by atoms with Crippen LogP contribution in [0.5, 0.6) is 0 Å². The fraction of sp³-hybridized carbons (Fsp3) is 0.136. The van der Waals surface area contributed by atoms with Gasteiger partial charge in [-0.1, -0.05) is 42.0 Å². The van der Waals surface area contributed by atoms with Crippen LogP contribution in [0.1, 0.15) is 32.0 Å². The largest absolute Gasteiger partial charge is 0.465 e. The van der Waals surface area contributed by atoms with Crippen molar-refractivity contribution in [1.29, 1.82) is 0 Å². The minimum Gasteiger partial charge on any atom is -0.465 e. The Balaban J connectivity index is 1.65. The molecule has 0 aliphatic carbocycles. The number of nitrogens with zero attached hydrogens (tertiary/aromatic N) is 1. The molecule has 0 saturated carbocycles. The summed E-state index contributed by atoms with van der Waals surface area (Å²) in [6, 6.07) is 18.3. The highest BCUT2D eigenvalue weighted by Crippen LogP contribution is 2.17. The Bertz CT molecular complexity index is 984. The van der Waals surface area contributed by atoms with Crippen LogP contribution in [-0.4, -0.2) is 24.0 Å². The highest BCUT2D eigenvalue weighted by atomic mass is 16.5. The van der Waals surface area contributed by atoms with Crippen molar-refractivity contribution in [1.82, 2.24) is 4.98 Å². The Hall–Kier alpha value is -3.67. The molecule has 0 fully saturated rings. The summed E-state index contributed by atoms with van der Waals surface area (Å²) < 4.78 is 4.74. The Morgan fingerprint density at radius 3 is 2.57 bits per heavy atom. The lowest BCUT2D eigenvalue weighted by atomic mass is 10.1. The number of rotatable bonds is 6. The van der Waals surface area contributed by atoms with Gasteiger partial charge in [-0.3, -0.25) is 4.79 Å². The van der Waals surface area contributed by atoms with E-state index in [1.807, 2.05) is 12.1 Å². The predicted octanol–water partition coefficient (Wildman–Crippen LogP) is 4.04. The standard InChI is InChI=1S/C22H21N3O3/c1-15-6-5-7-16(12-15)13-23-17-10-11-20(24-14-17)21(26)25-19-9-4-3-8-18(19)22(27)28-2/h3-12,14,23H,13H2,1-2H3,(H,25,26). The van der Waals surface area contributed by atoms with E-state index in [1.165, 1.54) is 18.2 Å². The number of hydrogen-bond donors (Lipinski definition) is 2. The van der Waals surface area contributed by atoms with E-state index in [2.05, 4.69) is 34.7 Å². The molecule has 0 aliphatic rings. The molecule has 0 saturated heterocycles. The van der Waals surface area contributed by atoms with Gasteiger partial charge < -0.3 is 15.4 Å². The molecule has 0 spiro atoms. The maximum Gasteiger partial charge on any atom is 0.339 e. The molecule has 2 aromatic carbocycles. The molecule has 1 aromatic heterocycles. The average Bonchev–Trinajstić information content (AvgIpc) is 2.72. The minimum atomic E-state index is -0.514. The molecule has 3 rings (SSSR count). The SMILES string of the molecule is COC(=O)c1ccccc1NC(=O)c1ccc(NCc2cccc(C)c2)cn1. The highest BCUT2D eigenvalue weighted by Gasteiger charge is 2.14. The third-order valence-corrected chi connectivity index (χ3v) is 4.16. The first-order valence-corrected chi connectivity index (χ1v) is 8.81. The summed E-state index contributed by atoms with van der Waals surface area (Å²) in [7, 11) is 1.30. The van der Waals surface area contributed by atoms with Crippen molar-refractivity contribution in [2.24, 2.45) is 0 Å². The number of esters is 1. The summed E-state index contributed by atoms with van der Waals surface area (Å²) >= 11 is 0. The second kappa shape index (κ2) is 8.81. The first-order chi connectivity index (χ1) is 13.6. The number of hydrogen-bond acceptors (Lipinski definition) is 5. The van der Waals surface area contributed by atoms with E-state index < -0.39 is 11.9 Å². The minimum absolute atomic E-state index is 0.251. The van der Waals surface area contributed by atoms with Gasteiger partial charge in [-0.05, 0) is 36.8 Å². The highest BCUT2D eigenvalue weighted by molar-refractivity contribution is 6.07. The smallest absolute Gasteiger partial charge is 0.339 e. The Morgan fingerprint density at radius 2 is 1.86 bits per heavy atom. The lowest BCUT2D eigenvalue weighted by molar-refractivity contribution is 0.0602. The molecule has 3 aromatic rings. The van der Waals surface area contributed by atoms with Gasteiger partial charge in [0.15, 0.2) is 0 Å². The van der Waals surface area contributed by atoms with Crippen molar-refractivity contribution < 1.29 is 14.3 Å². The number of benzene rings is 2. The molecule has 142 valence electrons. The van der Waals surface area contributed by atoms with E-state index in [0.29, 0.717) is 12.2 Å². The number of ether oxygens (including phenoxy) is 1. The topological polar surface area (TPSA) is 80.3 Å². The molecular formula is C22H21N3O3. The molecule has 1 amide bonds. The van der Waals surface area contributed by atoms with Gasteiger partial charge in [0.05, 0.1) is 30.2 Å². The van der Waals surface area contributed by atoms with Gasteiger partial charge in [0.1, 0.15) is 5.69 Å². The number of carbonyl (C=O) groups is 2. The van der Waals surface area contributed by atoms with Gasteiger partial charge in [0.2, 0.25) is 0 Å². The van der Waals surface area contributed by atoms with Crippen LogP contribution in [0.2, 0.25) is 0 Å². The van der Waals surface area contributed by atoms with E-state index in [4.69, 9.17) is 4.74 Å².